The van der Waals surface area contributed by atoms with Crippen LogP contribution in [0.2, 0.25) is 0 Å². The lowest BCUT2D eigenvalue weighted by atomic mass is 9.87. The quantitative estimate of drug-likeness (QED) is 0.793. The van der Waals surface area contributed by atoms with Crippen LogP contribution in [0.3, 0.4) is 0 Å². The fourth-order valence-corrected chi connectivity index (χ4v) is 3.62. The van der Waals surface area contributed by atoms with Gasteiger partial charge in [-0.05, 0) is 30.7 Å². The Kier molecular flexibility index (Phi) is 4.36. The smallest absolute Gasteiger partial charge is 0.254 e. The number of hydrogen-bond donors (Lipinski definition) is 1. The Hall–Kier alpha value is -2.47. The maximum Gasteiger partial charge on any atom is 0.254 e. The van der Waals surface area contributed by atoms with E-state index >= 15 is 0 Å². The molecule has 0 saturated carbocycles. The van der Waals surface area contributed by atoms with E-state index in [2.05, 4.69) is 33.0 Å². The van der Waals surface area contributed by atoms with Gasteiger partial charge in [0.2, 0.25) is 0 Å². The van der Waals surface area contributed by atoms with Gasteiger partial charge < -0.3 is 10.0 Å². The summed E-state index contributed by atoms with van der Waals surface area (Å²) < 4.78 is 1.81. The van der Waals surface area contributed by atoms with Crippen LogP contribution in [-0.2, 0) is 6.42 Å². The van der Waals surface area contributed by atoms with Crippen LogP contribution in [0.15, 0.2) is 42.7 Å². The number of rotatable bonds is 4. The van der Waals surface area contributed by atoms with Crippen molar-refractivity contribution in [1.82, 2.24) is 19.6 Å². The second kappa shape index (κ2) is 6.80. The van der Waals surface area contributed by atoms with Gasteiger partial charge in [0.25, 0.3) is 5.78 Å². The molecule has 0 spiro atoms. The van der Waals surface area contributed by atoms with E-state index in [0.29, 0.717) is 5.78 Å². The molecule has 2 aromatic heterocycles. The van der Waals surface area contributed by atoms with Crippen LogP contribution >= 0.6 is 0 Å². The first-order chi connectivity index (χ1) is 12.3. The number of aromatic nitrogens is 4. The van der Waals surface area contributed by atoms with Gasteiger partial charge in [-0.2, -0.15) is 14.6 Å². The summed E-state index contributed by atoms with van der Waals surface area (Å²) in [4.78, 5) is 11.1. The molecule has 1 aromatic carbocycles. The third-order valence-corrected chi connectivity index (χ3v) is 5.10. The van der Waals surface area contributed by atoms with Crippen LogP contribution < -0.4 is 4.90 Å². The van der Waals surface area contributed by atoms with Crippen molar-refractivity contribution in [2.24, 2.45) is 5.92 Å². The van der Waals surface area contributed by atoms with Gasteiger partial charge in [0, 0.05) is 24.8 Å². The second-order valence-electron chi connectivity index (χ2n) is 6.61. The van der Waals surface area contributed by atoms with Crippen molar-refractivity contribution in [2.75, 3.05) is 18.0 Å². The van der Waals surface area contributed by atoms with Crippen LogP contribution in [0.25, 0.3) is 5.78 Å². The monoisotopic (exact) mass is 337 g/mol. The molecule has 0 aliphatic carbocycles. The Morgan fingerprint density at radius 1 is 1.20 bits per heavy atom. The van der Waals surface area contributed by atoms with E-state index in [-0.39, 0.29) is 5.92 Å². The van der Waals surface area contributed by atoms with Gasteiger partial charge in [-0.3, -0.25) is 0 Å². The minimum absolute atomic E-state index is 0.289. The standard InChI is InChI=1S/C19H23N5O/c1-2-16-12-17(24-19(22-16)20-13-21-24)23-10-8-15(9-11-23)18(25)14-6-4-3-5-7-14/h3-7,12-13,15,18,25H,2,8-11H2,1H3/t18-/m0/s1. The molecule has 0 amide bonds. The van der Waals surface area contributed by atoms with Crippen LogP contribution in [0.5, 0.6) is 0 Å². The first kappa shape index (κ1) is 16.0. The highest BCUT2D eigenvalue weighted by Crippen LogP contribution is 2.32. The second-order valence-corrected chi connectivity index (χ2v) is 6.61. The molecule has 0 bridgehead atoms. The molecule has 3 heterocycles. The molecule has 0 unspecified atom stereocenters. The number of hydrogen-bond acceptors (Lipinski definition) is 5. The summed E-state index contributed by atoms with van der Waals surface area (Å²) >= 11 is 0. The molecule has 1 N–H and O–H groups in total. The first-order valence-electron chi connectivity index (χ1n) is 8.94. The largest absolute Gasteiger partial charge is 0.388 e. The van der Waals surface area contributed by atoms with Crippen molar-refractivity contribution >= 4 is 11.6 Å². The van der Waals surface area contributed by atoms with E-state index in [0.717, 1.165) is 49.4 Å². The van der Waals surface area contributed by atoms with Gasteiger partial charge >= 0.3 is 0 Å². The van der Waals surface area contributed by atoms with Crippen LogP contribution in [0.4, 0.5) is 5.82 Å². The first-order valence-corrected chi connectivity index (χ1v) is 8.94. The molecule has 1 fully saturated rings. The van der Waals surface area contributed by atoms with Crippen molar-refractivity contribution in [3.8, 4) is 0 Å². The minimum Gasteiger partial charge on any atom is -0.388 e. The van der Waals surface area contributed by atoms with E-state index in [1.165, 1.54) is 0 Å². The number of benzene rings is 1. The zero-order valence-electron chi connectivity index (χ0n) is 14.4. The summed E-state index contributed by atoms with van der Waals surface area (Å²) in [6, 6.07) is 12.1. The van der Waals surface area contributed by atoms with E-state index in [1.54, 1.807) is 6.33 Å². The number of anilines is 1. The maximum absolute atomic E-state index is 10.7. The third-order valence-electron chi connectivity index (χ3n) is 5.10. The van der Waals surface area contributed by atoms with Gasteiger partial charge in [0.05, 0.1) is 6.10 Å². The number of fused-ring (bicyclic) bond motifs is 1. The average molecular weight is 337 g/mol. The molecule has 6 heteroatoms. The SMILES string of the molecule is CCc1cc(N2CCC([C@@H](O)c3ccccc3)CC2)n2ncnc2n1. The molecular formula is C19H23N5O. The van der Waals surface area contributed by atoms with Crippen molar-refractivity contribution in [3.05, 3.63) is 54.0 Å². The highest BCUT2D eigenvalue weighted by atomic mass is 16.3. The Bertz CT molecular complexity index is 839. The molecule has 3 aromatic rings. The summed E-state index contributed by atoms with van der Waals surface area (Å²) in [7, 11) is 0. The van der Waals surface area contributed by atoms with Gasteiger partial charge in [0.1, 0.15) is 12.1 Å². The van der Waals surface area contributed by atoms with Crippen molar-refractivity contribution in [2.45, 2.75) is 32.3 Å². The lowest BCUT2D eigenvalue weighted by molar-refractivity contribution is 0.0928. The summed E-state index contributed by atoms with van der Waals surface area (Å²) in [5, 5.41) is 15.0. The molecule has 1 aliphatic heterocycles. The number of aliphatic hydroxyl groups is 1. The van der Waals surface area contributed by atoms with Gasteiger partial charge in [-0.15, -0.1) is 0 Å². The van der Waals surface area contributed by atoms with Crippen LogP contribution in [0.1, 0.15) is 37.1 Å². The average Bonchev–Trinajstić information content (AvgIpc) is 3.16. The molecule has 1 aliphatic rings. The summed E-state index contributed by atoms with van der Waals surface area (Å²) in [5.74, 6) is 1.99. The minimum atomic E-state index is -0.390. The highest BCUT2D eigenvalue weighted by molar-refractivity contribution is 5.47. The predicted molar refractivity (Wildman–Crippen MR) is 96.5 cm³/mol. The van der Waals surface area contributed by atoms with Gasteiger partial charge in [0.15, 0.2) is 0 Å². The fourth-order valence-electron chi connectivity index (χ4n) is 3.62. The van der Waals surface area contributed by atoms with E-state index in [4.69, 9.17) is 0 Å². The van der Waals surface area contributed by atoms with E-state index in [9.17, 15) is 5.11 Å². The van der Waals surface area contributed by atoms with E-state index in [1.807, 2.05) is 34.8 Å². The molecule has 1 saturated heterocycles. The van der Waals surface area contributed by atoms with Gasteiger partial charge in [-0.1, -0.05) is 37.3 Å². The molecule has 6 nitrogen and oxygen atoms in total. The number of nitrogens with zero attached hydrogens (tertiary/aromatic N) is 5. The molecule has 1 atom stereocenters. The Balaban J connectivity index is 1.51. The summed E-state index contributed by atoms with van der Waals surface area (Å²) in [6.45, 7) is 3.90. The van der Waals surface area contributed by atoms with Crippen molar-refractivity contribution in [3.63, 3.8) is 0 Å². The third kappa shape index (κ3) is 3.09. The molecule has 130 valence electrons. The zero-order valence-corrected chi connectivity index (χ0v) is 14.4. The van der Waals surface area contributed by atoms with Crippen LogP contribution in [-0.4, -0.2) is 37.8 Å². The number of aryl methyl sites for hydroxylation is 1. The normalized spacial score (nSPS) is 17.1. The summed E-state index contributed by atoms with van der Waals surface area (Å²) in [6.07, 6.45) is 3.95. The highest BCUT2D eigenvalue weighted by Gasteiger charge is 2.27. The topological polar surface area (TPSA) is 66.5 Å². The fraction of sp³-hybridized carbons (Fsp3) is 0.421. The molecular weight excluding hydrogens is 314 g/mol. The number of aliphatic hydroxyl groups excluding tert-OH is 1. The molecule has 4 rings (SSSR count). The lowest BCUT2D eigenvalue weighted by Gasteiger charge is -2.35. The summed E-state index contributed by atoms with van der Waals surface area (Å²) in [5.41, 5.74) is 2.04. The van der Waals surface area contributed by atoms with Crippen molar-refractivity contribution < 1.29 is 5.11 Å². The molecule has 0 radical (unpaired) electrons. The zero-order chi connectivity index (χ0) is 17.2. The number of piperidine rings is 1. The maximum atomic E-state index is 10.7. The Morgan fingerprint density at radius 2 is 1.96 bits per heavy atom. The molecule has 25 heavy (non-hydrogen) atoms. The van der Waals surface area contributed by atoms with Crippen molar-refractivity contribution in [1.29, 1.82) is 0 Å². The Labute approximate surface area is 147 Å². The lowest BCUT2D eigenvalue weighted by Crippen LogP contribution is -2.37. The predicted octanol–water partition coefficient (Wildman–Crippen LogP) is 2.64. The van der Waals surface area contributed by atoms with Crippen LogP contribution in [0, 0.1) is 5.92 Å². The Morgan fingerprint density at radius 3 is 2.68 bits per heavy atom. The van der Waals surface area contributed by atoms with Gasteiger partial charge in [-0.25, -0.2) is 4.98 Å². The van der Waals surface area contributed by atoms with E-state index < -0.39 is 6.10 Å².